The van der Waals surface area contributed by atoms with Crippen molar-refractivity contribution in [3.8, 4) is 0 Å². The molecule has 2 unspecified atom stereocenters. The molecule has 2 rings (SSSR count). The molecule has 0 saturated carbocycles. The molecule has 8 heteroatoms. The van der Waals surface area contributed by atoms with E-state index in [9.17, 15) is 24.6 Å². The third-order valence-electron chi connectivity index (χ3n) is 2.54. The van der Waals surface area contributed by atoms with Gasteiger partial charge in [0.25, 0.3) is 11.5 Å². The van der Waals surface area contributed by atoms with Crippen LogP contribution in [0.1, 0.15) is 10.5 Å². The average molecular weight is 241 g/mol. The number of aliphatic hydroxyl groups excluding tert-OH is 2. The second-order valence-electron chi connectivity index (χ2n) is 3.85. The van der Waals surface area contributed by atoms with Crippen molar-refractivity contribution >= 4 is 5.91 Å². The van der Waals surface area contributed by atoms with Crippen LogP contribution in [0.4, 0.5) is 0 Å². The molecule has 0 spiro atoms. The minimum atomic E-state index is -1.01. The molecule has 17 heavy (non-hydrogen) atoms. The first kappa shape index (κ1) is 11.6. The lowest BCUT2D eigenvalue weighted by molar-refractivity contribution is 0.0572. The van der Waals surface area contributed by atoms with Crippen LogP contribution < -0.4 is 11.2 Å². The van der Waals surface area contributed by atoms with Gasteiger partial charge in [-0.15, -0.1) is 0 Å². The molecule has 1 aromatic heterocycles. The predicted molar refractivity (Wildman–Crippen MR) is 55.6 cm³/mol. The standard InChI is InChI=1S/C9H11N3O5/c13-5-2-12(3-6(5)14)8(16)4-1-7(15)11-9(17)10-4/h1,5-6,13-14H,2-3H2,(H2,10,11,15,17). The van der Waals surface area contributed by atoms with Crippen LogP contribution in [0.25, 0.3) is 0 Å². The number of aliphatic hydroxyl groups is 2. The first-order valence-corrected chi connectivity index (χ1v) is 4.96. The van der Waals surface area contributed by atoms with E-state index < -0.39 is 29.4 Å². The summed E-state index contributed by atoms with van der Waals surface area (Å²) in [6.07, 6.45) is -2.01. The first-order chi connectivity index (χ1) is 7.97. The zero-order chi connectivity index (χ0) is 12.6. The summed E-state index contributed by atoms with van der Waals surface area (Å²) in [4.78, 5) is 39.1. The number of nitrogens with zero attached hydrogens (tertiary/aromatic N) is 1. The fourth-order valence-corrected chi connectivity index (χ4v) is 1.69. The Morgan fingerprint density at radius 1 is 1.24 bits per heavy atom. The summed E-state index contributed by atoms with van der Waals surface area (Å²) in [6, 6.07) is 0.959. The summed E-state index contributed by atoms with van der Waals surface area (Å²) in [5.41, 5.74) is -1.63. The number of carbonyl (C=O) groups excluding carboxylic acids is 1. The number of likely N-dealkylation sites (tertiary alicyclic amines) is 1. The van der Waals surface area contributed by atoms with Gasteiger partial charge < -0.3 is 20.1 Å². The molecule has 1 fully saturated rings. The second kappa shape index (κ2) is 4.15. The molecule has 8 nitrogen and oxygen atoms in total. The van der Waals surface area contributed by atoms with Crippen molar-refractivity contribution < 1.29 is 15.0 Å². The Bertz CT molecular complexity index is 510. The number of hydrogen-bond donors (Lipinski definition) is 4. The molecule has 1 aliphatic rings. The Balaban J connectivity index is 2.26. The molecule has 2 atom stereocenters. The number of H-pyrrole nitrogens is 2. The largest absolute Gasteiger partial charge is 0.388 e. The normalized spacial score (nSPS) is 24.0. The minimum absolute atomic E-state index is 0.0329. The maximum atomic E-state index is 11.8. The fraction of sp³-hybridized carbons (Fsp3) is 0.444. The number of β-amino-alcohol motifs (C(OH)–C–C–N with tert-alkyl or cyclic N) is 2. The van der Waals surface area contributed by atoms with Gasteiger partial charge in [-0.05, 0) is 0 Å². The van der Waals surface area contributed by atoms with Crippen molar-refractivity contribution in [2.24, 2.45) is 0 Å². The molecule has 0 bridgehead atoms. The number of carbonyl (C=O) groups is 1. The van der Waals surface area contributed by atoms with E-state index in [0.29, 0.717) is 0 Å². The van der Waals surface area contributed by atoms with Crippen molar-refractivity contribution in [3.63, 3.8) is 0 Å². The van der Waals surface area contributed by atoms with Gasteiger partial charge in [-0.25, -0.2) is 4.79 Å². The van der Waals surface area contributed by atoms with Gasteiger partial charge in [0.1, 0.15) is 5.69 Å². The number of rotatable bonds is 1. The highest BCUT2D eigenvalue weighted by atomic mass is 16.3. The van der Waals surface area contributed by atoms with Crippen molar-refractivity contribution in [1.82, 2.24) is 14.9 Å². The Labute approximate surface area is 94.5 Å². The average Bonchev–Trinajstić information content (AvgIpc) is 2.57. The van der Waals surface area contributed by atoms with Crippen LogP contribution in [0.2, 0.25) is 0 Å². The zero-order valence-electron chi connectivity index (χ0n) is 8.71. The van der Waals surface area contributed by atoms with E-state index in [-0.39, 0.29) is 18.8 Å². The maximum Gasteiger partial charge on any atom is 0.326 e. The highest BCUT2D eigenvalue weighted by Gasteiger charge is 2.33. The van der Waals surface area contributed by atoms with E-state index in [4.69, 9.17) is 0 Å². The van der Waals surface area contributed by atoms with Crippen molar-refractivity contribution in [3.05, 3.63) is 32.6 Å². The van der Waals surface area contributed by atoms with Crippen LogP contribution in [0, 0.1) is 0 Å². The number of nitrogens with one attached hydrogen (secondary N) is 2. The van der Waals surface area contributed by atoms with Gasteiger partial charge in [0.15, 0.2) is 0 Å². The summed E-state index contributed by atoms with van der Waals surface area (Å²) in [5.74, 6) is -0.608. The monoisotopic (exact) mass is 241 g/mol. The van der Waals surface area contributed by atoms with Crippen LogP contribution in [0.5, 0.6) is 0 Å². The molecule has 0 aromatic carbocycles. The van der Waals surface area contributed by atoms with E-state index in [1.165, 1.54) is 4.90 Å². The van der Waals surface area contributed by atoms with E-state index in [0.717, 1.165) is 6.07 Å². The van der Waals surface area contributed by atoms with Crippen molar-refractivity contribution in [2.45, 2.75) is 12.2 Å². The minimum Gasteiger partial charge on any atom is -0.388 e. The Morgan fingerprint density at radius 3 is 2.35 bits per heavy atom. The number of hydrogen-bond acceptors (Lipinski definition) is 5. The fourth-order valence-electron chi connectivity index (χ4n) is 1.69. The van der Waals surface area contributed by atoms with Crippen LogP contribution in [0.15, 0.2) is 15.7 Å². The van der Waals surface area contributed by atoms with Gasteiger partial charge in [-0.1, -0.05) is 0 Å². The molecule has 2 heterocycles. The molecule has 0 radical (unpaired) electrons. The van der Waals surface area contributed by atoms with Crippen LogP contribution >= 0.6 is 0 Å². The first-order valence-electron chi connectivity index (χ1n) is 4.96. The van der Waals surface area contributed by atoms with Gasteiger partial charge in [0, 0.05) is 19.2 Å². The molecular weight excluding hydrogens is 230 g/mol. The van der Waals surface area contributed by atoms with Gasteiger partial charge in [-0.3, -0.25) is 14.6 Å². The van der Waals surface area contributed by atoms with Crippen molar-refractivity contribution in [1.29, 1.82) is 0 Å². The van der Waals surface area contributed by atoms with Crippen LogP contribution in [-0.4, -0.2) is 56.3 Å². The van der Waals surface area contributed by atoms with E-state index in [1.54, 1.807) is 0 Å². The number of aromatic nitrogens is 2. The van der Waals surface area contributed by atoms with Crippen LogP contribution in [-0.2, 0) is 0 Å². The van der Waals surface area contributed by atoms with Gasteiger partial charge in [0.05, 0.1) is 12.2 Å². The Kier molecular flexibility index (Phi) is 2.82. The van der Waals surface area contributed by atoms with Gasteiger partial charge >= 0.3 is 5.69 Å². The molecule has 1 aliphatic heterocycles. The molecule has 1 aromatic rings. The van der Waals surface area contributed by atoms with E-state index in [2.05, 4.69) is 4.98 Å². The lowest BCUT2D eigenvalue weighted by Gasteiger charge is -2.14. The highest BCUT2D eigenvalue weighted by Crippen LogP contribution is 2.11. The summed E-state index contributed by atoms with van der Waals surface area (Å²) >= 11 is 0. The van der Waals surface area contributed by atoms with E-state index in [1.807, 2.05) is 4.98 Å². The Morgan fingerprint density at radius 2 is 1.82 bits per heavy atom. The molecular formula is C9H11N3O5. The van der Waals surface area contributed by atoms with E-state index >= 15 is 0 Å². The highest BCUT2D eigenvalue weighted by molar-refractivity contribution is 5.92. The lowest BCUT2D eigenvalue weighted by Crippen LogP contribution is -2.34. The van der Waals surface area contributed by atoms with Gasteiger partial charge in [0.2, 0.25) is 0 Å². The third-order valence-corrected chi connectivity index (χ3v) is 2.54. The molecule has 1 amide bonds. The SMILES string of the molecule is O=C(c1cc(=O)[nH]c(=O)[nH]1)N1CC(O)C(O)C1. The second-order valence-corrected chi connectivity index (χ2v) is 3.85. The third kappa shape index (κ3) is 2.27. The molecule has 92 valence electrons. The number of amides is 1. The number of aromatic amines is 2. The maximum absolute atomic E-state index is 11.8. The Hall–Kier alpha value is -1.93. The summed E-state index contributed by atoms with van der Waals surface area (Å²) in [6.45, 7) is -0.0658. The molecule has 0 aliphatic carbocycles. The molecule has 1 saturated heterocycles. The summed E-state index contributed by atoms with van der Waals surface area (Å²) < 4.78 is 0. The predicted octanol–water partition coefficient (Wildman–Crippen LogP) is -2.76. The molecule has 4 N–H and O–H groups in total. The quantitative estimate of drug-likeness (QED) is 0.423. The smallest absolute Gasteiger partial charge is 0.326 e. The topological polar surface area (TPSA) is 126 Å². The van der Waals surface area contributed by atoms with Crippen LogP contribution in [0.3, 0.4) is 0 Å². The van der Waals surface area contributed by atoms with Crippen molar-refractivity contribution in [2.75, 3.05) is 13.1 Å². The zero-order valence-corrected chi connectivity index (χ0v) is 8.71. The summed E-state index contributed by atoms with van der Waals surface area (Å²) in [5, 5.41) is 18.6. The summed E-state index contributed by atoms with van der Waals surface area (Å²) in [7, 11) is 0. The van der Waals surface area contributed by atoms with Gasteiger partial charge in [-0.2, -0.15) is 0 Å². The lowest BCUT2D eigenvalue weighted by atomic mass is 10.3.